The molecule has 186 valence electrons. The van der Waals surface area contributed by atoms with Crippen molar-refractivity contribution < 1.29 is 39.6 Å². The van der Waals surface area contributed by atoms with Crippen molar-refractivity contribution in [1.82, 2.24) is 4.90 Å². The minimum absolute atomic E-state index is 0.0119. The summed E-state index contributed by atoms with van der Waals surface area (Å²) in [5.41, 5.74) is 1.90. The highest BCUT2D eigenvalue weighted by atomic mass is 16.3. The number of nitrogens with zero attached hydrogens (tertiary/aromatic N) is 1. The van der Waals surface area contributed by atoms with Crippen LogP contribution in [0.25, 0.3) is 5.76 Å². The summed E-state index contributed by atoms with van der Waals surface area (Å²) >= 11 is 0. The van der Waals surface area contributed by atoms with Gasteiger partial charge in [-0.3, -0.25) is 19.3 Å². The predicted octanol–water partition coefficient (Wildman–Crippen LogP) is 0.730. The molecule has 0 heterocycles. The lowest BCUT2D eigenvalue weighted by molar-refractivity contribution is -0.162. The third-order valence-corrected chi connectivity index (χ3v) is 7.70. The quantitative estimate of drug-likeness (QED) is 0.385. The number of carbonyl (C=O) groups excluding carboxylic acids is 4. The first kappa shape index (κ1) is 24.6. The number of phenolic OH excluding ortho intramolecular Hbond substituents is 1. The number of aromatic hydroxyl groups is 1. The molecule has 10 heteroatoms. The summed E-state index contributed by atoms with van der Waals surface area (Å²) in [6, 6.07) is 3.34. The van der Waals surface area contributed by atoms with E-state index in [0.717, 1.165) is 0 Å². The van der Waals surface area contributed by atoms with E-state index in [4.69, 9.17) is 5.73 Å². The van der Waals surface area contributed by atoms with Gasteiger partial charge in [0, 0.05) is 23.8 Å². The number of carbonyl (C=O) groups is 4. The van der Waals surface area contributed by atoms with Crippen LogP contribution in [-0.2, 0) is 19.2 Å². The Morgan fingerprint density at radius 3 is 2.31 bits per heavy atom. The van der Waals surface area contributed by atoms with Crippen molar-refractivity contribution >= 4 is 29.0 Å². The van der Waals surface area contributed by atoms with Gasteiger partial charge in [0.05, 0.1) is 11.6 Å². The smallest absolute Gasteiger partial charge is 0.255 e. The van der Waals surface area contributed by atoms with Crippen LogP contribution < -0.4 is 5.73 Å². The third-order valence-electron chi connectivity index (χ3n) is 7.70. The van der Waals surface area contributed by atoms with Gasteiger partial charge in [0.15, 0.2) is 11.4 Å². The van der Waals surface area contributed by atoms with E-state index in [-0.39, 0.29) is 29.1 Å². The van der Waals surface area contributed by atoms with Crippen LogP contribution in [0.3, 0.4) is 0 Å². The lowest BCUT2D eigenvalue weighted by Crippen LogP contribution is -2.69. The van der Waals surface area contributed by atoms with E-state index in [1.165, 1.54) is 32.0 Å². The minimum atomic E-state index is -2.81. The third kappa shape index (κ3) is 3.16. The Labute approximate surface area is 201 Å². The molecule has 0 aromatic heterocycles. The zero-order chi connectivity index (χ0) is 26.1. The number of likely N-dealkylation sites (N-methyl/N-ethyl adjacent to an activating group) is 1. The topological polar surface area (TPSA) is 178 Å². The molecule has 6 atom stereocenters. The fourth-order valence-corrected chi connectivity index (χ4v) is 6.39. The zero-order valence-corrected chi connectivity index (χ0v) is 19.8. The van der Waals surface area contributed by atoms with E-state index in [9.17, 15) is 39.6 Å². The molecular weight excluding hydrogens is 456 g/mol. The molecule has 6 N–H and O–H groups in total. The van der Waals surface area contributed by atoms with Gasteiger partial charge in [0.25, 0.3) is 5.91 Å². The molecule has 0 unspecified atom stereocenters. The first-order valence-corrected chi connectivity index (χ1v) is 11.2. The van der Waals surface area contributed by atoms with Crippen LogP contribution in [0.2, 0.25) is 0 Å². The molecular formula is C25H28N2O8. The van der Waals surface area contributed by atoms with Crippen molar-refractivity contribution in [2.75, 3.05) is 14.1 Å². The van der Waals surface area contributed by atoms with E-state index < -0.39 is 69.9 Å². The van der Waals surface area contributed by atoms with E-state index in [2.05, 4.69) is 0 Å². The van der Waals surface area contributed by atoms with Crippen LogP contribution in [0.1, 0.15) is 37.3 Å². The van der Waals surface area contributed by atoms with Gasteiger partial charge in [-0.1, -0.05) is 19.1 Å². The van der Waals surface area contributed by atoms with Gasteiger partial charge in [0.2, 0.25) is 5.78 Å². The molecule has 0 spiro atoms. The maximum Gasteiger partial charge on any atom is 0.255 e. The first-order chi connectivity index (χ1) is 16.3. The Bertz CT molecular complexity index is 1250. The molecule has 3 aliphatic rings. The van der Waals surface area contributed by atoms with Crippen LogP contribution in [0.4, 0.5) is 0 Å². The Kier molecular flexibility index (Phi) is 5.65. The second kappa shape index (κ2) is 8.03. The molecule has 35 heavy (non-hydrogen) atoms. The molecule has 1 fully saturated rings. The van der Waals surface area contributed by atoms with Gasteiger partial charge < -0.3 is 31.0 Å². The number of phenols is 1. The highest BCUT2D eigenvalue weighted by Gasteiger charge is 2.68. The summed E-state index contributed by atoms with van der Waals surface area (Å²) in [7, 11) is 3.03. The van der Waals surface area contributed by atoms with Crippen molar-refractivity contribution in [1.29, 1.82) is 0 Å². The fraction of sp³-hybridized carbons (Fsp3) is 0.440. The number of ketones is 3. The minimum Gasteiger partial charge on any atom is -0.508 e. The molecule has 1 aromatic carbocycles. The average Bonchev–Trinajstić information content (AvgIpc) is 2.75. The first-order valence-electron chi connectivity index (χ1n) is 11.2. The molecule has 3 aliphatic carbocycles. The number of aliphatic hydroxyl groups excluding tert-OH is 2. The van der Waals surface area contributed by atoms with Gasteiger partial charge in [-0.05, 0) is 44.5 Å². The van der Waals surface area contributed by atoms with Crippen molar-refractivity contribution in [2.24, 2.45) is 23.5 Å². The monoisotopic (exact) mass is 484 g/mol. The average molecular weight is 485 g/mol. The van der Waals surface area contributed by atoms with Crippen LogP contribution in [0, 0.1) is 17.8 Å². The lowest BCUT2D eigenvalue weighted by Gasteiger charge is -2.55. The number of rotatable bonds is 4. The molecule has 1 aromatic rings. The molecule has 1 amide bonds. The SMILES string of the molecule is CC(=O)C[C@H]1[C@H]2C(=C(O)c3c(O)cccc3[C@@H]2C)C(=O)[C@]2(O)C(O)=C(C(N)=O)C(=O)[C@@H](N(C)C)[C@H]12. The highest BCUT2D eigenvalue weighted by Crippen LogP contribution is 2.59. The molecule has 0 bridgehead atoms. The van der Waals surface area contributed by atoms with Crippen LogP contribution in [-0.4, -0.2) is 74.3 Å². The van der Waals surface area contributed by atoms with Gasteiger partial charge in [-0.2, -0.15) is 0 Å². The van der Waals surface area contributed by atoms with Gasteiger partial charge in [0.1, 0.15) is 28.6 Å². The fourth-order valence-electron chi connectivity index (χ4n) is 6.39. The summed E-state index contributed by atoms with van der Waals surface area (Å²) in [4.78, 5) is 53.3. The largest absolute Gasteiger partial charge is 0.508 e. The standard InChI is InChI=1S/C25H28N2O8/c1-9(28)8-12-14-10(2)11-6-5-7-13(29)15(11)20(30)16(14)22(32)25(35)18(12)19(27(3)4)21(31)17(23(25)33)24(26)34/h5-7,10,12,14,18-19,29-30,33,35H,8H2,1-4H3,(H2,26,34)/t10-,12-,14-,18-,19-,25-/m0/s1. The number of amides is 1. The Hall–Kier alpha value is -3.50. The maximum atomic E-state index is 14.0. The van der Waals surface area contributed by atoms with E-state index in [1.54, 1.807) is 19.1 Å². The highest BCUT2D eigenvalue weighted by molar-refractivity contribution is 6.24. The molecule has 10 nitrogen and oxygen atoms in total. The summed E-state index contributed by atoms with van der Waals surface area (Å²) in [5, 5.41) is 44.5. The van der Waals surface area contributed by atoms with Crippen molar-refractivity contribution in [3.05, 3.63) is 46.2 Å². The van der Waals surface area contributed by atoms with Gasteiger partial charge in [-0.15, -0.1) is 0 Å². The summed E-state index contributed by atoms with van der Waals surface area (Å²) in [6.07, 6.45) is -0.184. The second-order valence-corrected chi connectivity index (χ2v) is 9.87. The Balaban J connectivity index is 2.12. The van der Waals surface area contributed by atoms with Crippen molar-refractivity contribution in [3.8, 4) is 5.75 Å². The number of benzene rings is 1. The number of nitrogens with two attached hydrogens (primary N) is 1. The molecule has 0 aliphatic heterocycles. The van der Waals surface area contributed by atoms with Gasteiger partial charge in [-0.25, -0.2) is 0 Å². The normalized spacial score (nSPS) is 32.3. The number of primary amides is 1. The number of hydrogen-bond acceptors (Lipinski definition) is 9. The lowest BCUT2D eigenvalue weighted by atomic mass is 9.50. The number of aliphatic hydroxyl groups is 3. The summed E-state index contributed by atoms with van der Waals surface area (Å²) in [5.74, 6) is -9.22. The van der Waals surface area contributed by atoms with Crippen LogP contribution >= 0.6 is 0 Å². The van der Waals surface area contributed by atoms with Crippen LogP contribution in [0.5, 0.6) is 5.75 Å². The number of hydrogen-bond donors (Lipinski definition) is 5. The van der Waals surface area contributed by atoms with E-state index in [0.29, 0.717) is 5.56 Å². The Morgan fingerprint density at radius 1 is 1.14 bits per heavy atom. The van der Waals surface area contributed by atoms with E-state index >= 15 is 0 Å². The molecule has 0 saturated heterocycles. The molecule has 0 radical (unpaired) electrons. The molecule has 4 rings (SSSR count). The molecule has 1 saturated carbocycles. The maximum absolute atomic E-state index is 14.0. The van der Waals surface area contributed by atoms with Crippen molar-refractivity contribution in [2.45, 2.75) is 37.8 Å². The van der Waals surface area contributed by atoms with E-state index in [1.807, 2.05) is 0 Å². The van der Waals surface area contributed by atoms with Crippen molar-refractivity contribution in [3.63, 3.8) is 0 Å². The zero-order valence-electron chi connectivity index (χ0n) is 19.8. The van der Waals surface area contributed by atoms with Gasteiger partial charge >= 0.3 is 0 Å². The summed E-state index contributed by atoms with van der Waals surface area (Å²) < 4.78 is 0. The van der Waals surface area contributed by atoms with Crippen LogP contribution in [0.15, 0.2) is 35.1 Å². The predicted molar refractivity (Wildman–Crippen MR) is 123 cm³/mol. The second-order valence-electron chi connectivity index (χ2n) is 9.87. The Morgan fingerprint density at radius 2 is 1.77 bits per heavy atom. The number of Topliss-reactive ketones (excluding diaryl/α,β-unsaturated/α-hetero) is 3. The number of fused-ring (bicyclic) bond motifs is 3. The summed E-state index contributed by atoms with van der Waals surface area (Å²) in [6.45, 7) is 3.09.